The van der Waals surface area contributed by atoms with Gasteiger partial charge >= 0.3 is 5.97 Å². The maximum absolute atomic E-state index is 12.0. The second-order valence-corrected chi connectivity index (χ2v) is 7.50. The van der Waals surface area contributed by atoms with Crippen LogP contribution >= 0.6 is 0 Å². The van der Waals surface area contributed by atoms with Gasteiger partial charge in [0.05, 0.1) is 7.11 Å². The van der Waals surface area contributed by atoms with Gasteiger partial charge in [0.2, 0.25) is 5.91 Å². The minimum atomic E-state index is -0.150. The zero-order valence-corrected chi connectivity index (χ0v) is 16.6. The lowest BCUT2D eigenvalue weighted by atomic mass is 9.96. The van der Waals surface area contributed by atoms with Gasteiger partial charge < -0.3 is 10.1 Å². The van der Waals surface area contributed by atoms with Gasteiger partial charge in [0.25, 0.3) is 0 Å². The average molecular weight is 375 g/mol. The molecule has 1 saturated heterocycles. The van der Waals surface area contributed by atoms with Crippen LogP contribution in [0.2, 0.25) is 0 Å². The van der Waals surface area contributed by atoms with Crippen LogP contribution in [0.25, 0.3) is 0 Å². The van der Waals surface area contributed by atoms with Crippen LogP contribution in [0.5, 0.6) is 0 Å². The smallest absolute Gasteiger partial charge is 0.305 e. The summed E-state index contributed by atoms with van der Waals surface area (Å²) in [6.45, 7) is 4.04. The third kappa shape index (κ3) is 9.05. The molecule has 1 aliphatic rings. The topological polar surface area (TPSA) is 58.6 Å². The van der Waals surface area contributed by atoms with E-state index in [1.807, 2.05) is 0 Å². The van der Waals surface area contributed by atoms with Crippen molar-refractivity contribution in [2.24, 2.45) is 5.92 Å². The van der Waals surface area contributed by atoms with E-state index in [9.17, 15) is 9.59 Å². The highest BCUT2D eigenvalue weighted by molar-refractivity contribution is 5.75. The quantitative estimate of drug-likeness (QED) is 0.475. The number of amides is 1. The predicted molar refractivity (Wildman–Crippen MR) is 107 cm³/mol. The Kier molecular flexibility index (Phi) is 9.91. The fourth-order valence-corrected chi connectivity index (χ4v) is 3.55. The third-order valence-electron chi connectivity index (χ3n) is 5.31. The monoisotopic (exact) mass is 374 g/mol. The summed E-state index contributed by atoms with van der Waals surface area (Å²) in [7, 11) is 1.42. The number of nitrogens with one attached hydrogen (secondary N) is 1. The number of ether oxygens (including phenoxy) is 1. The summed E-state index contributed by atoms with van der Waals surface area (Å²) in [5.41, 5.74) is 1.37. The molecule has 1 amide bonds. The lowest BCUT2D eigenvalue weighted by molar-refractivity contribution is -0.140. The molecule has 0 atom stereocenters. The van der Waals surface area contributed by atoms with Crippen molar-refractivity contribution in [2.45, 2.75) is 57.9 Å². The van der Waals surface area contributed by atoms with Crippen molar-refractivity contribution in [1.29, 1.82) is 0 Å². The number of hydrogen-bond acceptors (Lipinski definition) is 4. The Hall–Kier alpha value is -1.88. The number of carbonyl (C=O) groups excluding carboxylic acids is 2. The molecule has 0 spiro atoms. The zero-order chi connectivity index (χ0) is 19.3. The summed E-state index contributed by atoms with van der Waals surface area (Å²) in [4.78, 5) is 25.5. The SMILES string of the molecule is COC(=O)CCCCCCC(=O)NCC1CCN(Cc2ccccc2)CC1. The van der Waals surface area contributed by atoms with E-state index >= 15 is 0 Å². The van der Waals surface area contributed by atoms with Crippen molar-refractivity contribution >= 4 is 11.9 Å². The third-order valence-corrected chi connectivity index (χ3v) is 5.31. The lowest BCUT2D eigenvalue weighted by Gasteiger charge is -2.32. The van der Waals surface area contributed by atoms with Crippen molar-refractivity contribution in [3.8, 4) is 0 Å². The molecule has 0 unspecified atom stereocenters. The minimum Gasteiger partial charge on any atom is -0.469 e. The van der Waals surface area contributed by atoms with Gasteiger partial charge in [0.1, 0.15) is 0 Å². The largest absolute Gasteiger partial charge is 0.469 e. The number of benzene rings is 1. The Balaban J connectivity index is 1.48. The normalized spacial score (nSPS) is 15.4. The molecule has 1 fully saturated rings. The van der Waals surface area contributed by atoms with Crippen LogP contribution < -0.4 is 5.32 Å². The number of nitrogens with zero attached hydrogens (tertiary/aromatic N) is 1. The Morgan fingerprint density at radius 3 is 2.37 bits per heavy atom. The molecule has 2 rings (SSSR count). The standard InChI is InChI=1S/C22H34N2O3/c1-27-22(26)12-8-3-2-7-11-21(25)23-17-19-13-15-24(16-14-19)18-20-9-5-4-6-10-20/h4-6,9-10,19H,2-3,7-8,11-18H2,1H3,(H,23,25). The molecule has 0 bridgehead atoms. The van der Waals surface area contributed by atoms with E-state index in [2.05, 4.69) is 45.3 Å². The molecule has 5 nitrogen and oxygen atoms in total. The highest BCUT2D eigenvalue weighted by Gasteiger charge is 2.19. The fraction of sp³-hybridized carbons (Fsp3) is 0.636. The van der Waals surface area contributed by atoms with Crippen LogP contribution in [-0.2, 0) is 20.9 Å². The lowest BCUT2D eigenvalue weighted by Crippen LogP contribution is -2.38. The molecule has 0 radical (unpaired) electrons. The van der Waals surface area contributed by atoms with E-state index in [1.54, 1.807) is 0 Å². The van der Waals surface area contributed by atoms with Crippen LogP contribution in [0, 0.1) is 5.92 Å². The Labute approximate surface area is 163 Å². The van der Waals surface area contributed by atoms with Gasteiger partial charge in [-0.15, -0.1) is 0 Å². The van der Waals surface area contributed by atoms with Gasteiger partial charge in [-0.2, -0.15) is 0 Å². The van der Waals surface area contributed by atoms with Gasteiger partial charge in [-0.25, -0.2) is 0 Å². The first-order valence-corrected chi connectivity index (χ1v) is 10.3. The number of piperidine rings is 1. The molecule has 1 N–H and O–H groups in total. The van der Waals surface area contributed by atoms with Gasteiger partial charge in [-0.1, -0.05) is 43.2 Å². The Bertz CT molecular complexity index is 554. The Morgan fingerprint density at radius 2 is 1.70 bits per heavy atom. The van der Waals surface area contributed by atoms with Crippen molar-refractivity contribution in [3.05, 3.63) is 35.9 Å². The first kappa shape index (κ1) is 21.4. The van der Waals surface area contributed by atoms with E-state index in [-0.39, 0.29) is 11.9 Å². The van der Waals surface area contributed by atoms with Crippen molar-refractivity contribution in [3.63, 3.8) is 0 Å². The summed E-state index contributed by atoms with van der Waals surface area (Å²) >= 11 is 0. The molecule has 150 valence electrons. The van der Waals surface area contributed by atoms with Crippen LogP contribution in [0.15, 0.2) is 30.3 Å². The molecule has 0 aromatic heterocycles. The predicted octanol–water partition coefficient (Wildman–Crippen LogP) is 3.53. The molecular weight excluding hydrogens is 340 g/mol. The highest BCUT2D eigenvalue weighted by atomic mass is 16.5. The molecule has 1 aromatic carbocycles. The first-order chi connectivity index (χ1) is 13.2. The van der Waals surface area contributed by atoms with Gasteiger partial charge in [0, 0.05) is 25.9 Å². The summed E-state index contributed by atoms with van der Waals surface area (Å²) in [6, 6.07) is 10.6. The van der Waals surface area contributed by atoms with E-state index in [4.69, 9.17) is 0 Å². The van der Waals surface area contributed by atoms with E-state index in [0.29, 0.717) is 18.8 Å². The molecule has 1 aromatic rings. The summed E-state index contributed by atoms with van der Waals surface area (Å²) < 4.78 is 4.61. The summed E-state index contributed by atoms with van der Waals surface area (Å²) in [6.07, 6.45) is 7.07. The molecule has 1 aliphatic heterocycles. The average Bonchev–Trinajstić information content (AvgIpc) is 2.70. The summed E-state index contributed by atoms with van der Waals surface area (Å²) in [5.74, 6) is 0.610. The number of rotatable bonds is 11. The molecular formula is C22H34N2O3. The molecule has 0 saturated carbocycles. The fourth-order valence-electron chi connectivity index (χ4n) is 3.55. The van der Waals surface area contributed by atoms with Crippen LogP contribution in [0.3, 0.4) is 0 Å². The van der Waals surface area contributed by atoms with Crippen molar-refractivity contribution in [2.75, 3.05) is 26.7 Å². The zero-order valence-electron chi connectivity index (χ0n) is 16.6. The number of hydrogen-bond donors (Lipinski definition) is 1. The summed E-state index contributed by atoms with van der Waals surface area (Å²) in [5, 5.41) is 3.10. The van der Waals surface area contributed by atoms with Gasteiger partial charge in [-0.05, 0) is 50.3 Å². The number of unbranched alkanes of at least 4 members (excludes halogenated alkanes) is 3. The number of carbonyl (C=O) groups is 2. The number of esters is 1. The van der Waals surface area contributed by atoms with Crippen molar-refractivity contribution < 1.29 is 14.3 Å². The number of methoxy groups -OCH3 is 1. The highest BCUT2D eigenvalue weighted by Crippen LogP contribution is 2.18. The van der Waals surface area contributed by atoms with Crippen LogP contribution in [-0.4, -0.2) is 43.5 Å². The maximum Gasteiger partial charge on any atom is 0.305 e. The second-order valence-electron chi connectivity index (χ2n) is 7.50. The van der Waals surface area contributed by atoms with E-state index in [1.165, 1.54) is 12.7 Å². The second kappa shape index (κ2) is 12.5. The number of likely N-dealkylation sites (tertiary alicyclic amines) is 1. The van der Waals surface area contributed by atoms with E-state index in [0.717, 1.165) is 64.7 Å². The molecule has 0 aliphatic carbocycles. The molecule has 27 heavy (non-hydrogen) atoms. The van der Waals surface area contributed by atoms with E-state index < -0.39 is 0 Å². The maximum atomic E-state index is 12.0. The van der Waals surface area contributed by atoms with Crippen LogP contribution in [0.4, 0.5) is 0 Å². The first-order valence-electron chi connectivity index (χ1n) is 10.3. The van der Waals surface area contributed by atoms with Gasteiger partial charge in [0.15, 0.2) is 0 Å². The minimum absolute atomic E-state index is 0.150. The molecule has 5 heteroatoms. The Morgan fingerprint density at radius 1 is 1.04 bits per heavy atom. The van der Waals surface area contributed by atoms with Gasteiger partial charge in [-0.3, -0.25) is 14.5 Å². The molecule has 1 heterocycles. The van der Waals surface area contributed by atoms with Crippen LogP contribution in [0.1, 0.15) is 56.9 Å². The van der Waals surface area contributed by atoms with Crippen molar-refractivity contribution in [1.82, 2.24) is 10.2 Å².